The van der Waals surface area contributed by atoms with E-state index in [4.69, 9.17) is 0 Å². The van der Waals surface area contributed by atoms with Crippen LogP contribution in [0.1, 0.15) is 22.8 Å². The maximum atomic E-state index is 12.7. The summed E-state index contributed by atoms with van der Waals surface area (Å²) in [6.45, 7) is 2.23. The molecular formula is C19H17N3O2. The second kappa shape index (κ2) is 6.55. The molecule has 1 heterocycles. The Hall–Kier alpha value is -3.13. The summed E-state index contributed by atoms with van der Waals surface area (Å²) in [7, 11) is 0. The van der Waals surface area contributed by atoms with Gasteiger partial charge in [-0.15, -0.1) is 0 Å². The zero-order chi connectivity index (χ0) is 17.1. The molecule has 1 aliphatic rings. The predicted octanol–water partition coefficient (Wildman–Crippen LogP) is 3.22. The first kappa shape index (κ1) is 15.8. The smallest absolute Gasteiger partial charge is 0.302 e. The van der Waals surface area contributed by atoms with E-state index in [-0.39, 0.29) is 11.8 Å². The molecule has 5 heteroatoms. The highest BCUT2D eigenvalue weighted by Gasteiger charge is 2.38. The predicted molar refractivity (Wildman–Crippen MR) is 90.6 cm³/mol. The van der Waals surface area contributed by atoms with Crippen molar-refractivity contribution < 1.29 is 9.59 Å². The average molecular weight is 319 g/mol. The molecule has 120 valence electrons. The van der Waals surface area contributed by atoms with Crippen LogP contribution in [0.3, 0.4) is 0 Å². The number of carbonyl (C=O) groups excluding carboxylic acids is 2. The number of carbonyl (C=O) groups is 2. The minimum Gasteiger partial charge on any atom is -0.302 e. The maximum Gasteiger partial charge on any atom is 0.326 e. The van der Waals surface area contributed by atoms with Gasteiger partial charge in [0.1, 0.15) is 6.04 Å². The summed E-state index contributed by atoms with van der Waals surface area (Å²) in [5.74, 6) is -0.0186. The van der Waals surface area contributed by atoms with Crippen LogP contribution in [-0.2, 0) is 6.54 Å². The number of ketones is 1. The molecular weight excluding hydrogens is 302 g/mol. The molecule has 5 nitrogen and oxygen atoms in total. The summed E-state index contributed by atoms with van der Waals surface area (Å²) in [5, 5.41) is 9.40. The highest BCUT2D eigenvalue weighted by atomic mass is 16.2. The fourth-order valence-corrected chi connectivity index (χ4v) is 2.80. The molecule has 24 heavy (non-hydrogen) atoms. The largest absolute Gasteiger partial charge is 0.326 e. The van der Waals surface area contributed by atoms with E-state index < -0.39 is 6.04 Å². The van der Waals surface area contributed by atoms with E-state index >= 15 is 0 Å². The number of Topliss-reactive ketones (excluding diaryl/α,β-unsaturated/α-hetero) is 1. The second-order valence-corrected chi connectivity index (χ2v) is 5.75. The van der Waals surface area contributed by atoms with Crippen molar-refractivity contribution >= 4 is 17.5 Å². The summed E-state index contributed by atoms with van der Waals surface area (Å²) in [4.78, 5) is 27.3. The minimum absolute atomic E-state index is 0.0186. The highest BCUT2D eigenvalue weighted by molar-refractivity contribution is 5.97. The molecule has 0 spiro atoms. The summed E-state index contributed by atoms with van der Waals surface area (Å²) in [6.07, 6.45) is 0. The topological polar surface area (TPSA) is 64.4 Å². The van der Waals surface area contributed by atoms with E-state index in [9.17, 15) is 14.9 Å². The quantitative estimate of drug-likeness (QED) is 0.813. The van der Waals surface area contributed by atoms with Gasteiger partial charge in [-0.1, -0.05) is 30.3 Å². The lowest BCUT2D eigenvalue weighted by Crippen LogP contribution is -2.33. The summed E-state index contributed by atoms with van der Waals surface area (Å²) in [6, 6.07) is 18.0. The normalized spacial score (nSPS) is 17.0. The second-order valence-electron chi connectivity index (χ2n) is 5.75. The van der Waals surface area contributed by atoms with E-state index in [0.29, 0.717) is 24.3 Å². The van der Waals surface area contributed by atoms with Crippen LogP contribution in [0.25, 0.3) is 0 Å². The maximum absolute atomic E-state index is 12.7. The van der Waals surface area contributed by atoms with Crippen molar-refractivity contribution in [3.8, 4) is 6.07 Å². The Bertz CT molecular complexity index is 794. The van der Waals surface area contributed by atoms with Crippen LogP contribution in [0.15, 0.2) is 54.6 Å². The first-order chi connectivity index (χ1) is 11.6. The van der Waals surface area contributed by atoms with Gasteiger partial charge in [0.05, 0.1) is 12.6 Å². The Labute approximate surface area is 140 Å². The number of nitrogens with zero attached hydrogens (tertiary/aromatic N) is 3. The van der Waals surface area contributed by atoms with Crippen LogP contribution in [-0.4, -0.2) is 29.3 Å². The standard InChI is InChI=1S/C19H17N3O2/c1-14(23)16-7-9-17(10-8-16)22-13-18(11-20)21(19(22)24)12-15-5-3-2-4-6-15/h2-10,18H,12-13H2,1H3. The number of amides is 2. The van der Waals surface area contributed by atoms with Gasteiger partial charge in [-0.05, 0) is 36.8 Å². The van der Waals surface area contributed by atoms with Crippen LogP contribution < -0.4 is 4.90 Å². The van der Waals surface area contributed by atoms with Crippen molar-refractivity contribution in [3.63, 3.8) is 0 Å². The molecule has 2 aromatic carbocycles. The molecule has 3 rings (SSSR count). The number of urea groups is 1. The molecule has 1 fully saturated rings. The molecule has 0 aromatic heterocycles. The Morgan fingerprint density at radius 1 is 1.17 bits per heavy atom. The number of rotatable bonds is 4. The number of hydrogen-bond acceptors (Lipinski definition) is 3. The van der Waals surface area contributed by atoms with E-state index in [2.05, 4.69) is 6.07 Å². The lowest BCUT2D eigenvalue weighted by molar-refractivity contribution is 0.101. The molecule has 0 N–H and O–H groups in total. The fraction of sp³-hybridized carbons (Fsp3) is 0.211. The number of benzene rings is 2. The zero-order valence-corrected chi connectivity index (χ0v) is 13.3. The first-order valence-corrected chi connectivity index (χ1v) is 7.73. The summed E-state index contributed by atoms with van der Waals surface area (Å²) < 4.78 is 0. The SMILES string of the molecule is CC(=O)c1ccc(N2CC(C#N)N(Cc3ccccc3)C2=O)cc1. The van der Waals surface area contributed by atoms with E-state index in [0.717, 1.165) is 5.56 Å². The Kier molecular flexibility index (Phi) is 4.30. The van der Waals surface area contributed by atoms with Crippen molar-refractivity contribution in [1.29, 1.82) is 5.26 Å². The highest BCUT2D eigenvalue weighted by Crippen LogP contribution is 2.25. The van der Waals surface area contributed by atoms with Gasteiger partial charge < -0.3 is 4.90 Å². The lowest BCUT2D eigenvalue weighted by atomic mass is 10.1. The third-order valence-electron chi connectivity index (χ3n) is 4.14. The van der Waals surface area contributed by atoms with Gasteiger partial charge in [-0.25, -0.2) is 4.79 Å². The van der Waals surface area contributed by atoms with Gasteiger partial charge in [0.25, 0.3) is 0 Å². The zero-order valence-electron chi connectivity index (χ0n) is 13.3. The van der Waals surface area contributed by atoms with Crippen molar-refractivity contribution in [2.45, 2.75) is 19.5 Å². The van der Waals surface area contributed by atoms with Crippen molar-refractivity contribution in [1.82, 2.24) is 4.90 Å². The van der Waals surface area contributed by atoms with Crippen LogP contribution in [0.4, 0.5) is 10.5 Å². The average Bonchev–Trinajstić information content (AvgIpc) is 2.92. The van der Waals surface area contributed by atoms with E-state index in [1.807, 2.05) is 30.3 Å². The Morgan fingerprint density at radius 2 is 1.83 bits per heavy atom. The van der Waals surface area contributed by atoms with E-state index in [1.165, 1.54) is 6.92 Å². The molecule has 0 aliphatic carbocycles. The lowest BCUT2D eigenvalue weighted by Gasteiger charge is -2.19. The number of anilines is 1. The first-order valence-electron chi connectivity index (χ1n) is 7.73. The Morgan fingerprint density at radius 3 is 2.42 bits per heavy atom. The number of hydrogen-bond donors (Lipinski definition) is 0. The van der Waals surface area contributed by atoms with Gasteiger partial charge in [-0.2, -0.15) is 5.26 Å². The molecule has 2 amide bonds. The van der Waals surface area contributed by atoms with Crippen LogP contribution >= 0.6 is 0 Å². The van der Waals surface area contributed by atoms with Gasteiger partial charge in [0, 0.05) is 17.8 Å². The number of nitriles is 1. The van der Waals surface area contributed by atoms with Crippen LogP contribution in [0, 0.1) is 11.3 Å². The molecule has 1 aliphatic heterocycles. The van der Waals surface area contributed by atoms with Crippen molar-refractivity contribution in [2.75, 3.05) is 11.4 Å². The summed E-state index contributed by atoms with van der Waals surface area (Å²) in [5.41, 5.74) is 2.28. The van der Waals surface area contributed by atoms with E-state index in [1.54, 1.807) is 34.1 Å². The van der Waals surface area contributed by atoms with Gasteiger partial charge in [0.2, 0.25) is 0 Å². The molecule has 1 saturated heterocycles. The third-order valence-corrected chi connectivity index (χ3v) is 4.14. The molecule has 0 radical (unpaired) electrons. The summed E-state index contributed by atoms with van der Waals surface area (Å²) >= 11 is 0. The molecule has 1 unspecified atom stereocenters. The van der Waals surface area contributed by atoms with Gasteiger partial charge in [0.15, 0.2) is 5.78 Å². The molecule has 1 atom stereocenters. The fourth-order valence-electron chi connectivity index (χ4n) is 2.80. The van der Waals surface area contributed by atoms with Crippen LogP contribution in [0.2, 0.25) is 0 Å². The van der Waals surface area contributed by atoms with Gasteiger partial charge >= 0.3 is 6.03 Å². The van der Waals surface area contributed by atoms with Gasteiger partial charge in [-0.3, -0.25) is 9.69 Å². The minimum atomic E-state index is -0.495. The van der Waals surface area contributed by atoms with Crippen molar-refractivity contribution in [3.05, 3.63) is 65.7 Å². The third kappa shape index (κ3) is 2.99. The Balaban J connectivity index is 1.82. The van der Waals surface area contributed by atoms with Crippen molar-refractivity contribution in [2.24, 2.45) is 0 Å². The monoisotopic (exact) mass is 319 g/mol. The molecule has 0 bridgehead atoms. The molecule has 0 saturated carbocycles. The van der Waals surface area contributed by atoms with Crippen LogP contribution in [0.5, 0.6) is 0 Å². The molecule has 2 aromatic rings.